The molecular weight excluding hydrogens is 276 g/mol. The van der Waals surface area contributed by atoms with Crippen molar-refractivity contribution in [3.8, 4) is 0 Å². The summed E-state index contributed by atoms with van der Waals surface area (Å²) in [6.45, 7) is 7.77. The molecule has 0 atom stereocenters. The maximum absolute atomic E-state index is 6.28. The average Bonchev–Trinajstić information content (AvgIpc) is 2.52. The van der Waals surface area contributed by atoms with Crippen LogP contribution in [0.1, 0.15) is 33.6 Å². The summed E-state index contributed by atoms with van der Waals surface area (Å²) in [6, 6.07) is 16.1. The van der Waals surface area contributed by atoms with Crippen molar-refractivity contribution in [2.45, 2.75) is 39.7 Å². The number of benzene rings is 2. The zero-order valence-corrected chi connectivity index (χ0v) is 14.4. The van der Waals surface area contributed by atoms with Crippen LogP contribution in [0.4, 0.5) is 0 Å². The average molecular weight is 302 g/mol. The van der Waals surface area contributed by atoms with Crippen LogP contribution < -0.4 is 5.19 Å². The highest BCUT2D eigenvalue weighted by molar-refractivity contribution is 6.83. The van der Waals surface area contributed by atoms with Gasteiger partial charge in [0.05, 0.1) is 0 Å². The molecule has 0 spiro atoms. The summed E-state index contributed by atoms with van der Waals surface area (Å²) in [5.41, 5.74) is 0. The SMILES string of the molecule is CCCC[Si](OCC)(OCC)c1cccc2ccccc12. The summed E-state index contributed by atoms with van der Waals surface area (Å²) >= 11 is 0. The molecule has 2 aromatic rings. The van der Waals surface area contributed by atoms with E-state index < -0.39 is 8.56 Å². The molecule has 0 fully saturated rings. The Morgan fingerprint density at radius 1 is 0.857 bits per heavy atom. The normalized spacial score (nSPS) is 12.0. The standard InChI is InChI=1S/C18H26O2Si/c1-4-7-15-21(19-5-2,20-6-3)18-14-10-12-16-11-8-9-13-17(16)18/h8-14H,4-7,15H2,1-3H3. The van der Waals surface area contributed by atoms with Gasteiger partial charge in [-0.05, 0) is 30.7 Å². The molecule has 0 radical (unpaired) electrons. The minimum absolute atomic E-state index is 0.707. The maximum Gasteiger partial charge on any atom is 0.373 e. The van der Waals surface area contributed by atoms with Crippen LogP contribution in [-0.2, 0) is 8.85 Å². The fourth-order valence-electron chi connectivity index (χ4n) is 2.91. The minimum Gasteiger partial charge on any atom is -0.391 e. The summed E-state index contributed by atoms with van der Waals surface area (Å²) in [6.07, 6.45) is 2.31. The van der Waals surface area contributed by atoms with Crippen LogP contribution in [0.5, 0.6) is 0 Å². The van der Waals surface area contributed by atoms with E-state index in [4.69, 9.17) is 8.85 Å². The molecule has 0 aromatic heterocycles. The Hall–Kier alpha value is -1.16. The molecule has 21 heavy (non-hydrogen) atoms. The second kappa shape index (κ2) is 7.73. The fraction of sp³-hybridized carbons (Fsp3) is 0.444. The quantitative estimate of drug-likeness (QED) is 0.674. The van der Waals surface area contributed by atoms with E-state index in [2.05, 4.69) is 63.2 Å². The highest BCUT2D eigenvalue weighted by Gasteiger charge is 2.40. The molecule has 0 saturated carbocycles. The predicted octanol–water partition coefficient (Wildman–Crippen LogP) is 4.36. The van der Waals surface area contributed by atoms with Gasteiger partial charge < -0.3 is 8.85 Å². The van der Waals surface area contributed by atoms with Crippen LogP contribution in [0.2, 0.25) is 6.04 Å². The summed E-state index contributed by atoms with van der Waals surface area (Å²) < 4.78 is 12.6. The first-order chi connectivity index (χ1) is 10.3. The number of unbranched alkanes of at least 4 members (excludes halogenated alkanes) is 1. The Labute approximate surface area is 129 Å². The monoisotopic (exact) mass is 302 g/mol. The van der Waals surface area contributed by atoms with Gasteiger partial charge in [-0.1, -0.05) is 62.2 Å². The topological polar surface area (TPSA) is 18.5 Å². The summed E-state index contributed by atoms with van der Waals surface area (Å²) in [4.78, 5) is 0. The van der Waals surface area contributed by atoms with Crippen molar-refractivity contribution in [2.24, 2.45) is 0 Å². The van der Waals surface area contributed by atoms with Crippen molar-refractivity contribution < 1.29 is 8.85 Å². The molecule has 0 unspecified atom stereocenters. The van der Waals surface area contributed by atoms with E-state index in [-0.39, 0.29) is 0 Å². The van der Waals surface area contributed by atoms with E-state index in [0.717, 1.165) is 12.5 Å². The van der Waals surface area contributed by atoms with Crippen LogP contribution in [0, 0.1) is 0 Å². The third-order valence-corrected chi connectivity index (χ3v) is 7.59. The molecule has 0 amide bonds. The Morgan fingerprint density at radius 3 is 2.19 bits per heavy atom. The molecule has 0 N–H and O–H groups in total. The molecule has 0 bridgehead atoms. The Balaban J connectivity index is 2.55. The number of hydrogen-bond acceptors (Lipinski definition) is 2. The fourth-order valence-corrected chi connectivity index (χ4v) is 6.60. The molecule has 2 aromatic carbocycles. The van der Waals surface area contributed by atoms with Crippen molar-refractivity contribution >= 4 is 24.5 Å². The second-order valence-corrected chi connectivity index (χ2v) is 8.37. The first-order valence-corrected chi connectivity index (χ1v) is 10.1. The van der Waals surface area contributed by atoms with E-state index in [0.29, 0.717) is 13.2 Å². The number of fused-ring (bicyclic) bond motifs is 1. The molecule has 2 nitrogen and oxygen atoms in total. The van der Waals surface area contributed by atoms with E-state index in [9.17, 15) is 0 Å². The molecular formula is C18H26O2Si. The predicted molar refractivity (Wildman–Crippen MR) is 92.3 cm³/mol. The van der Waals surface area contributed by atoms with Gasteiger partial charge in [0.25, 0.3) is 0 Å². The first-order valence-electron chi connectivity index (χ1n) is 8.03. The van der Waals surface area contributed by atoms with Gasteiger partial charge in [-0.2, -0.15) is 0 Å². The van der Waals surface area contributed by atoms with Crippen molar-refractivity contribution in [2.75, 3.05) is 13.2 Å². The lowest BCUT2D eigenvalue weighted by Crippen LogP contribution is -2.54. The van der Waals surface area contributed by atoms with Gasteiger partial charge in [0, 0.05) is 18.4 Å². The smallest absolute Gasteiger partial charge is 0.373 e. The molecule has 0 aliphatic carbocycles. The largest absolute Gasteiger partial charge is 0.391 e. The minimum atomic E-state index is -2.36. The van der Waals surface area contributed by atoms with E-state index in [1.165, 1.54) is 22.4 Å². The van der Waals surface area contributed by atoms with Crippen LogP contribution in [0.25, 0.3) is 10.8 Å². The van der Waals surface area contributed by atoms with Gasteiger partial charge in [-0.25, -0.2) is 0 Å². The van der Waals surface area contributed by atoms with Crippen LogP contribution in [0.3, 0.4) is 0 Å². The second-order valence-electron chi connectivity index (χ2n) is 5.25. The van der Waals surface area contributed by atoms with Gasteiger partial charge in [0.1, 0.15) is 0 Å². The highest BCUT2D eigenvalue weighted by Crippen LogP contribution is 2.22. The van der Waals surface area contributed by atoms with Crippen molar-refractivity contribution in [3.05, 3.63) is 42.5 Å². The summed E-state index contributed by atoms with van der Waals surface area (Å²) in [5, 5.41) is 3.84. The third kappa shape index (κ3) is 3.54. The lowest BCUT2D eigenvalue weighted by Gasteiger charge is -2.31. The van der Waals surface area contributed by atoms with E-state index in [1.54, 1.807) is 0 Å². The van der Waals surface area contributed by atoms with E-state index in [1.807, 2.05) is 0 Å². The van der Waals surface area contributed by atoms with Gasteiger partial charge in [0.15, 0.2) is 0 Å². The van der Waals surface area contributed by atoms with Gasteiger partial charge >= 0.3 is 8.56 Å². The first kappa shape index (κ1) is 16.2. The molecule has 0 aliphatic heterocycles. The summed E-state index contributed by atoms with van der Waals surface area (Å²) in [7, 11) is -2.36. The Bertz CT molecular complexity index is 557. The number of rotatable bonds is 8. The lowest BCUT2D eigenvalue weighted by molar-refractivity contribution is 0.195. The zero-order chi connectivity index (χ0) is 15.1. The third-order valence-electron chi connectivity index (χ3n) is 3.81. The molecule has 2 rings (SSSR count). The van der Waals surface area contributed by atoms with Crippen LogP contribution in [-0.4, -0.2) is 21.8 Å². The Kier molecular flexibility index (Phi) is 5.97. The van der Waals surface area contributed by atoms with Crippen molar-refractivity contribution in [1.29, 1.82) is 0 Å². The molecule has 114 valence electrons. The molecule has 0 aliphatic rings. The van der Waals surface area contributed by atoms with Gasteiger partial charge in [-0.3, -0.25) is 0 Å². The van der Waals surface area contributed by atoms with Gasteiger partial charge in [-0.15, -0.1) is 0 Å². The molecule has 0 heterocycles. The number of hydrogen-bond donors (Lipinski definition) is 0. The van der Waals surface area contributed by atoms with Crippen LogP contribution in [0.15, 0.2) is 42.5 Å². The summed E-state index contributed by atoms with van der Waals surface area (Å²) in [5.74, 6) is 0. The van der Waals surface area contributed by atoms with Crippen molar-refractivity contribution in [3.63, 3.8) is 0 Å². The van der Waals surface area contributed by atoms with Crippen molar-refractivity contribution in [1.82, 2.24) is 0 Å². The molecule has 0 saturated heterocycles. The zero-order valence-electron chi connectivity index (χ0n) is 13.4. The van der Waals surface area contributed by atoms with Crippen LogP contribution >= 0.6 is 0 Å². The van der Waals surface area contributed by atoms with E-state index >= 15 is 0 Å². The molecule has 3 heteroatoms. The Morgan fingerprint density at radius 2 is 1.52 bits per heavy atom. The highest BCUT2D eigenvalue weighted by atomic mass is 28.4. The maximum atomic E-state index is 6.28. The lowest BCUT2D eigenvalue weighted by atomic mass is 10.1. The van der Waals surface area contributed by atoms with Gasteiger partial charge in [0.2, 0.25) is 0 Å².